The first-order chi connectivity index (χ1) is 16.7. The van der Waals surface area contributed by atoms with Gasteiger partial charge in [-0.05, 0) is 53.8 Å². The predicted molar refractivity (Wildman–Crippen MR) is 134 cm³/mol. The van der Waals surface area contributed by atoms with Gasteiger partial charge in [0.05, 0.1) is 11.3 Å². The molecule has 0 bridgehead atoms. The van der Waals surface area contributed by atoms with Gasteiger partial charge in [-0.2, -0.15) is 0 Å². The van der Waals surface area contributed by atoms with Gasteiger partial charge in [0, 0.05) is 10.9 Å². The maximum absolute atomic E-state index is 13.0. The van der Waals surface area contributed by atoms with E-state index in [1.165, 1.54) is 18.2 Å². The quantitative estimate of drug-likeness (QED) is 0.393. The topological polar surface area (TPSA) is 105 Å². The van der Waals surface area contributed by atoms with Gasteiger partial charge in [-0.1, -0.05) is 67.1 Å². The lowest BCUT2D eigenvalue weighted by atomic mass is 9.97. The minimum absolute atomic E-state index is 0.0842. The van der Waals surface area contributed by atoms with Crippen LogP contribution in [-0.2, 0) is 9.53 Å². The highest BCUT2D eigenvalue weighted by Crippen LogP contribution is 2.44. The standard InChI is InChI=1S/C27H25ClN2O5/c1-3-27(2,25(33)29-23-13-12-16(28)14-21(23)24(31)32)30-26(34)35-15-22-19-10-6-4-8-17(19)18-9-5-7-11-20(18)22/h4-14,22H,3,15H2,1-2H3,(H,29,33)(H,30,34)(H,31,32). The molecular formula is C27H25ClN2O5. The first-order valence-corrected chi connectivity index (χ1v) is 11.6. The Bertz CT molecular complexity index is 1260. The minimum atomic E-state index is -1.34. The van der Waals surface area contributed by atoms with Crippen LogP contribution in [0.4, 0.5) is 10.5 Å². The lowest BCUT2D eigenvalue weighted by molar-refractivity contribution is -0.121. The Hall–Kier alpha value is -3.84. The Labute approximate surface area is 208 Å². The van der Waals surface area contributed by atoms with Crippen LogP contribution < -0.4 is 10.6 Å². The number of hydrogen-bond acceptors (Lipinski definition) is 4. The van der Waals surface area contributed by atoms with Crippen LogP contribution in [0.1, 0.15) is 47.7 Å². The van der Waals surface area contributed by atoms with E-state index in [1.54, 1.807) is 13.8 Å². The number of fused-ring (bicyclic) bond motifs is 3. The highest BCUT2D eigenvalue weighted by Gasteiger charge is 2.35. The molecule has 0 spiro atoms. The molecule has 7 nitrogen and oxygen atoms in total. The lowest BCUT2D eigenvalue weighted by Gasteiger charge is -2.28. The third kappa shape index (κ3) is 4.86. The Morgan fingerprint density at radius 2 is 1.60 bits per heavy atom. The maximum Gasteiger partial charge on any atom is 0.408 e. The van der Waals surface area contributed by atoms with Gasteiger partial charge in [-0.15, -0.1) is 0 Å². The molecule has 2 amide bonds. The Balaban J connectivity index is 1.45. The van der Waals surface area contributed by atoms with E-state index < -0.39 is 23.5 Å². The zero-order valence-electron chi connectivity index (χ0n) is 19.3. The fourth-order valence-electron chi connectivity index (χ4n) is 4.23. The molecule has 8 heteroatoms. The summed E-state index contributed by atoms with van der Waals surface area (Å²) in [5, 5.41) is 14.9. The molecule has 4 rings (SSSR count). The minimum Gasteiger partial charge on any atom is -0.478 e. The van der Waals surface area contributed by atoms with Crippen LogP contribution in [0.15, 0.2) is 66.7 Å². The van der Waals surface area contributed by atoms with Crippen LogP contribution in [0.2, 0.25) is 5.02 Å². The molecule has 3 aromatic carbocycles. The molecule has 1 aliphatic rings. The van der Waals surface area contributed by atoms with Gasteiger partial charge >= 0.3 is 12.1 Å². The Morgan fingerprint density at radius 3 is 2.17 bits per heavy atom. The molecule has 0 saturated carbocycles. The van der Waals surface area contributed by atoms with E-state index in [0.717, 1.165) is 22.3 Å². The number of amides is 2. The van der Waals surface area contributed by atoms with Crippen molar-refractivity contribution in [3.05, 3.63) is 88.4 Å². The van der Waals surface area contributed by atoms with Crippen molar-refractivity contribution >= 4 is 35.3 Å². The summed E-state index contributed by atoms with van der Waals surface area (Å²) in [4.78, 5) is 37.3. The maximum atomic E-state index is 13.0. The number of aromatic carboxylic acids is 1. The molecule has 0 fully saturated rings. The Kier molecular flexibility index (Phi) is 6.80. The Morgan fingerprint density at radius 1 is 1.00 bits per heavy atom. The second kappa shape index (κ2) is 9.80. The molecule has 0 aliphatic heterocycles. The van der Waals surface area contributed by atoms with Gasteiger partial charge in [0.25, 0.3) is 0 Å². The molecule has 3 N–H and O–H groups in total. The molecule has 1 atom stereocenters. The van der Waals surface area contributed by atoms with Crippen molar-refractivity contribution in [2.24, 2.45) is 0 Å². The molecule has 0 radical (unpaired) electrons. The van der Waals surface area contributed by atoms with E-state index in [9.17, 15) is 19.5 Å². The second-order valence-corrected chi connectivity index (χ2v) is 9.02. The third-order valence-corrected chi connectivity index (χ3v) is 6.63. The first kappa shape index (κ1) is 24.3. The van der Waals surface area contributed by atoms with Gasteiger partial charge in [0.2, 0.25) is 5.91 Å². The summed E-state index contributed by atoms with van der Waals surface area (Å²) in [7, 11) is 0. The van der Waals surface area contributed by atoms with Crippen LogP contribution in [0, 0.1) is 0 Å². The number of nitrogens with one attached hydrogen (secondary N) is 2. The zero-order valence-corrected chi connectivity index (χ0v) is 20.1. The molecule has 0 aromatic heterocycles. The van der Waals surface area contributed by atoms with E-state index in [1.807, 2.05) is 36.4 Å². The van der Waals surface area contributed by atoms with E-state index in [2.05, 4.69) is 22.8 Å². The largest absolute Gasteiger partial charge is 0.478 e. The van der Waals surface area contributed by atoms with Crippen LogP contribution in [0.3, 0.4) is 0 Å². The highest BCUT2D eigenvalue weighted by molar-refractivity contribution is 6.31. The molecule has 1 unspecified atom stereocenters. The van der Waals surface area contributed by atoms with Gasteiger partial charge in [0.1, 0.15) is 12.1 Å². The number of hydrogen-bond donors (Lipinski definition) is 3. The number of benzene rings is 3. The summed E-state index contributed by atoms with van der Waals surface area (Å²) in [6, 6.07) is 20.2. The summed E-state index contributed by atoms with van der Waals surface area (Å²) in [6.45, 7) is 3.41. The third-order valence-electron chi connectivity index (χ3n) is 6.39. The van der Waals surface area contributed by atoms with Crippen LogP contribution in [0.5, 0.6) is 0 Å². The number of rotatable bonds is 7. The predicted octanol–water partition coefficient (Wildman–Crippen LogP) is 5.68. The molecule has 180 valence electrons. The average Bonchev–Trinajstić information content (AvgIpc) is 3.17. The normalized spacial score (nSPS) is 13.8. The molecular weight excluding hydrogens is 468 g/mol. The molecule has 3 aromatic rings. The van der Waals surface area contributed by atoms with E-state index >= 15 is 0 Å². The molecule has 0 heterocycles. The fraction of sp³-hybridized carbons (Fsp3) is 0.222. The smallest absolute Gasteiger partial charge is 0.408 e. The van der Waals surface area contributed by atoms with Crippen molar-refractivity contribution in [3.8, 4) is 11.1 Å². The summed E-state index contributed by atoms with van der Waals surface area (Å²) in [6.07, 6.45) is -0.486. The van der Waals surface area contributed by atoms with Gasteiger partial charge < -0.3 is 20.5 Å². The van der Waals surface area contributed by atoms with Gasteiger partial charge in [-0.3, -0.25) is 4.79 Å². The second-order valence-electron chi connectivity index (χ2n) is 8.59. The van der Waals surface area contributed by atoms with Gasteiger partial charge in [0.15, 0.2) is 0 Å². The van der Waals surface area contributed by atoms with Crippen molar-refractivity contribution in [2.75, 3.05) is 11.9 Å². The SMILES string of the molecule is CCC(C)(NC(=O)OCC1c2ccccc2-c2ccccc21)C(=O)Nc1ccc(Cl)cc1C(=O)O. The van der Waals surface area contributed by atoms with Crippen molar-refractivity contribution < 1.29 is 24.2 Å². The van der Waals surface area contributed by atoms with Crippen molar-refractivity contribution in [1.82, 2.24) is 5.32 Å². The summed E-state index contributed by atoms with van der Waals surface area (Å²) in [5.74, 6) is -1.91. The zero-order chi connectivity index (χ0) is 25.2. The lowest BCUT2D eigenvalue weighted by Crippen LogP contribution is -2.54. The van der Waals surface area contributed by atoms with Crippen molar-refractivity contribution in [3.63, 3.8) is 0 Å². The number of halogens is 1. The van der Waals surface area contributed by atoms with Crippen molar-refractivity contribution in [2.45, 2.75) is 31.7 Å². The number of ether oxygens (including phenoxy) is 1. The fourth-order valence-corrected chi connectivity index (χ4v) is 4.40. The monoisotopic (exact) mass is 492 g/mol. The average molecular weight is 493 g/mol. The van der Waals surface area contributed by atoms with Crippen molar-refractivity contribution in [1.29, 1.82) is 0 Å². The number of carbonyl (C=O) groups is 3. The number of anilines is 1. The van der Waals surface area contributed by atoms with E-state index in [-0.39, 0.29) is 35.2 Å². The summed E-state index contributed by atoms with van der Waals surface area (Å²) < 4.78 is 5.57. The van der Waals surface area contributed by atoms with E-state index in [4.69, 9.17) is 16.3 Å². The van der Waals surface area contributed by atoms with Gasteiger partial charge in [-0.25, -0.2) is 9.59 Å². The number of carboxylic acids is 1. The van der Waals surface area contributed by atoms with Crippen LogP contribution in [0.25, 0.3) is 11.1 Å². The summed E-state index contributed by atoms with van der Waals surface area (Å²) in [5.41, 5.74) is 3.01. The van der Waals surface area contributed by atoms with E-state index in [0.29, 0.717) is 0 Å². The molecule has 1 aliphatic carbocycles. The number of carboxylic acid groups (broad SMARTS) is 1. The first-order valence-electron chi connectivity index (χ1n) is 11.2. The number of alkyl carbamates (subject to hydrolysis) is 1. The van der Waals surface area contributed by atoms with Crippen LogP contribution in [-0.4, -0.2) is 35.2 Å². The number of carbonyl (C=O) groups excluding carboxylic acids is 2. The van der Waals surface area contributed by atoms with Crippen LogP contribution >= 0.6 is 11.6 Å². The molecule has 0 saturated heterocycles. The summed E-state index contributed by atoms with van der Waals surface area (Å²) >= 11 is 5.89. The molecule has 35 heavy (non-hydrogen) atoms. The highest BCUT2D eigenvalue weighted by atomic mass is 35.5.